The first-order valence-corrected chi connectivity index (χ1v) is 8.54. The third-order valence-electron chi connectivity index (χ3n) is 4.49. The summed E-state index contributed by atoms with van der Waals surface area (Å²) in [6.45, 7) is 2.88. The van der Waals surface area contributed by atoms with Crippen LogP contribution < -0.4 is 14.8 Å². The maximum atomic E-state index is 12.3. The van der Waals surface area contributed by atoms with E-state index in [0.717, 1.165) is 36.6 Å². The van der Waals surface area contributed by atoms with Crippen molar-refractivity contribution in [1.29, 1.82) is 0 Å². The van der Waals surface area contributed by atoms with E-state index in [4.69, 9.17) is 9.47 Å². The fraction of sp³-hybridized carbons (Fsp3) is 0.500. The van der Waals surface area contributed by atoms with Crippen molar-refractivity contribution in [1.82, 2.24) is 20.1 Å². The monoisotopic (exact) mass is 344 g/mol. The highest BCUT2D eigenvalue weighted by Crippen LogP contribution is 2.28. The van der Waals surface area contributed by atoms with Crippen molar-refractivity contribution < 1.29 is 14.3 Å². The molecule has 0 spiro atoms. The SMILES string of the molecule is COc1ccc(CCC(=O)N[C@@H](C)c2nnc3n2CCC3)cc1OC. The summed E-state index contributed by atoms with van der Waals surface area (Å²) in [5.41, 5.74) is 1.03. The Kier molecular flexibility index (Phi) is 5.21. The van der Waals surface area contributed by atoms with Gasteiger partial charge in [0.05, 0.1) is 20.3 Å². The lowest BCUT2D eigenvalue weighted by Gasteiger charge is -2.14. The predicted octanol–water partition coefficient (Wildman–Crippen LogP) is 2.05. The highest BCUT2D eigenvalue weighted by atomic mass is 16.5. The van der Waals surface area contributed by atoms with Crippen LogP contribution in [0.4, 0.5) is 0 Å². The van der Waals surface area contributed by atoms with Gasteiger partial charge in [-0.2, -0.15) is 0 Å². The number of rotatable bonds is 7. The number of carbonyl (C=O) groups is 1. The molecular formula is C18H24N4O3. The Hall–Kier alpha value is -2.57. The molecule has 0 aliphatic carbocycles. The molecule has 2 aromatic rings. The van der Waals surface area contributed by atoms with E-state index in [-0.39, 0.29) is 11.9 Å². The van der Waals surface area contributed by atoms with Gasteiger partial charge in [-0.3, -0.25) is 4.79 Å². The largest absolute Gasteiger partial charge is 0.493 e. The van der Waals surface area contributed by atoms with Crippen LogP contribution in [0.1, 0.15) is 43.0 Å². The van der Waals surface area contributed by atoms with Gasteiger partial charge in [-0.25, -0.2) is 0 Å². The number of hydrogen-bond donors (Lipinski definition) is 1. The van der Waals surface area contributed by atoms with E-state index < -0.39 is 0 Å². The molecular weight excluding hydrogens is 320 g/mol. The Morgan fingerprint density at radius 2 is 2.08 bits per heavy atom. The minimum atomic E-state index is -0.141. The average molecular weight is 344 g/mol. The van der Waals surface area contributed by atoms with Crippen LogP contribution in [0.5, 0.6) is 11.5 Å². The number of aromatic nitrogens is 3. The smallest absolute Gasteiger partial charge is 0.220 e. The molecule has 3 rings (SSSR count). The number of nitrogens with one attached hydrogen (secondary N) is 1. The van der Waals surface area contributed by atoms with Gasteiger partial charge in [0.25, 0.3) is 0 Å². The molecule has 1 amide bonds. The Labute approximate surface area is 147 Å². The molecule has 1 atom stereocenters. The van der Waals surface area contributed by atoms with Gasteiger partial charge in [-0.15, -0.1) is 10.2 Å². The summed E-state index contributed by atoms with van der Waals surface area (Å²) < 4.78 is 12.6. The number of carbonyl (C=O) groups excluding carboxylic acids is 1. The quantitative estimate of drug-likeness (QED) is 0.832. The van der Waals surface area contributed by atoms with Gasteiger partial charge in [-0.1, -0.05) is 6.07 Å². The van der Waals surface area contributed by atoms with Crippen LogP contribution in [0.25, 0.3) is 0 Å². The highest BCUT2D eigenvalue weighted by Gasteiger charge is 2.22. The summed E-state index contributed by atoms with van der Waals surface area (Å²) in [5.74, 6) is 3.21. The molecule has 1 N–H and O–H groups in total. The molecule has 0 unspecified atom stereocenters. The maximum Gasteiger partial charge on any atom is 0.220 e. The van der Waals surface area contributed by atoms with Crippen molar-refractivity contribution in [3.63, 3.8) is 0 Å². The zero-order valence-electron chi connectivity index (χ0n) is 14.9. The summed E-state index contributed by atoms with van der Waals surface area (Å²) in [7, 11) is 3.21. The molecule has 0 radical (unpaired) electrons. The van der Waals surface area contributed by atoms with Crippen LogP contribution in [0.15, 0.2) is 18.2 Å². The van der Waals surface area contributed by atoms with Crippen molar-refractivity contribution >= 4 is 5.91 Å². The molecule has 0 saturated carbocycles. The van der Waals surface area contributed by atoms with Gasteiger partial charge in [0.15, 0.2) is 17.3 Å². The van der Waals surface area contributed by atoms with Gasteiger partial charge in [0.2, 0.25) is 5.91 Å². The molecule has 7 heteroatoms. The first kappa shape index (κ1) is 17.3. The van der Waals surface area contributed by atoms with Crippen molar-refractivity contribution in [3.8, 4) is 11.5 Å². The fourth-order valence-corrected chi connectivity index (χ4v) is 3.17. The van der Waals surface area contributed by atoms with Crippen LogP contribution in [0.2, 0.25) is 0 Å². The van der Waals surface area contributed by atoms with Crippen molar-refractivity contribution in [3.05, 3.63) is 35.4 Å². The first-order valence-electron chi connectivity index (χ1n) is 8.54. The van der Waals surface area contributed by atoms with Gasteiger partial charge in [0.1, 0.15) is 5.82 Å². The Morgan fingerprint density at radius 1 is 1.28 bits per heavy atom. The van der Waals surface area contributed by atoms with E-state index in [1.54, 1.807) is 14.2 Å². The standard InChI is InChI=1S/C18H24N4O3/c1-12(18-21-20-16-5-4-10-22(16)18)19-17(23)9-7-13-6-8-14(24-2)15(11-13)25-3/h6,8,11-12H,4-5,7,9-10H2,1-3H3,(H,19,23)/t12-/m0/s1. The Morgan fingerprint density at radius 3 is 2.84 bits per heavy atom. The number of nitrogens with zero attached hydrogens (tertiary/aromatic N) is 3. The van der Waals surface area contributed by atoms with Gasteiger partial charge in [-0.05, 0) is 37.5 Å². The molecule has 134 valence electrons. The molecule has 7 nitrogen and oxygen atoms in total. The fourth-order valence-electron chi connectivity index (χ4n) is 3.17. The normalized spacial score (nSPS) is 14.0. The number of benzene rings is 1. The second-order valence-electron chi connectivity index (χ2n) is 6.21. The van der Waals surface area contributed by atoms with E-state index in [9.17, 15) is 4.79 Å². The molecule has 0 bridgehead atoms. The first-order chi connectivity index (χ1) is 12.1. The van der Waals surface area contributed by atoms with Crippen LogP contribution in [-0.4, -0.2) is 34.9 Å². The van der Waals surface area contributed by atoms with Crippen molar-refractivity contribution in [2.45, 2.75) is 45.2 Å². The van der Waals surface area contributed by atoms with Crippen LogP contribution >= 0.6 is 0 Å². The lowest BCUT2D eigenvalue weighted by atomic mass is 10.1. The number of ether oxygens (including phenoxy) is 2. The average Bonchev–Trinajstić information content (AvgIpc) is 3.22. The molecule has 1 aliphatic rings. The highest BCUT2D eigenvalue weighted by molar-refractivity contribution is 5.76. The van der Waals surface area contributed by atoms with E-state index in [1.165, 1.54) is 0 Å². The van der Waals surface area contributed by atoms with E-state index in [0.29, 0.717) is 24.3 Å². The van der Waals surface area contributed by atoms with Gasteiger partial charge >= 0.3 is 0 Å². The minimum Gasteiger partial charge on any atom is -0.493 e. The lowest BCUT2D eigenvalue weighted by Crippen LogP contribution is -2.28. The molecule has 0 fully saturated rings. The van der Waals surface area contributed by atoms with Crippen molar-refractivity contribution in [2.75, 3.05) is 14.2 Å². The molecule has 0 saturated heterocycles. The van der Waals surface area contributed by atoms with Crippen LogP contribution in [0.3, 0.4) is 0 Å². The summed E-state index contributed by atoms with van der Waals surface area (Å²) in [6.07, 6.45) is 3.10. The molecule has 1 aliphatic heterocycles. The van der Waals surface area contributed by atoms with E-state index in [1.807, 2.05) is 25.1 Å². The lowest BCUT2D eigenvalue weighted by molar-refractivity contribution is -0.121. The molecule has 1 aromatic carbocycles. The molecule has 1 aromatic heterocycles. The van der Waals surface area contributed by atoms with Gasteiger partial charge in [0, 0.05) is 19.4 Å². The minimum absolute atomic E-state index is 0.00219. The second-order valence-corrected chi connectivity index (χ2v) is 6.21. The van der Waals surface area contributed by atoms with Gasteiger partial charge < -0.3 is 19.4 Å². The Balaban J connectivity index is 1.56. The third kappa shape index (κ3) is 3.75. The number of methoxy groups -OCH3 is 2. The third-order valence-corrected chi connectivity index (χ3v) is 4.49. The van der Waals surface area contributed by atoms with Crippen molar-refractivity contribution in [2.24, 2.45) is 0 Å². The summed E-state index contributed by atoms with van der Waals surface area (Å²) in [4.78, 5) is 12.3. The van der Waals surface area contributed by atoms with Crippen LogP contribution in [0, 0.1) is 0 Å². The summed E-state index contributed by atoms with van der Waals surface area (Å²) in [5, 5.41) is 11.4. The number of fused-ring (bicyclic) bond motifs is 1. The maximum absolute atomic E-state index is 12.3. The predicted molar refractivity (Wildman–Crippen MR) is 92.8 cm³/mol. The second kappa shape index (κ2) is 7.55. The number of hydrogen-bond acceptors (Lipinski definition) is 5. The summed E-state index contributed by atoms with van der Waals surface area (Å²) in [6, 6.07) is 5.57. The molecule has 25 heavy (non-hydrogen) atoms. The zero-order valence-corrected chi connectivity index (χ0v) is 14.9. The van der Waals surface area contributed by atoms with E-state index in [2.05, 4.69) is 20.1 Å². The topological polar surface area (TPSA) is 78.3 Å². The zero-order chi connectivity index (χ0) is 17.8. The van der Waals surface area contributed by atoms with E-state index >= 15 is 0 Å². The number of amides is 1. The molecule has 2 heterocycles. The summed E-state index contributed by atoms with van der Waals surface area (Å²) >= 11 is 0. The van der Waals surface area contributed by atoms with Crippen LogP contribution in [-0.2, 0) is 24.2 Å². The number of aryl methyl sites for hydroxylation is 2. The Bertz CT molecular complexity index is 757.